The second kappa shape index (κ2) is 7.78. The van der Waals surface area contributed by atoms with Crippen LogP contribution in [-0.2, 0) is 4.79 Å². The Labute approximate surface area is 126 Å². The summed E-state index contributed by atoms with van der Waals surface area (Å²) < 4.78 is 0. The van der Waals surface area contributed by atoms with Crippen LogP contribution in [0.2, 0.25) is 0 Å². The largest absolute Gasteiger partial charge is 0.352 e. The van der Waals surface area contributed by atoms with Crippen LogP contribution in [0.1, 0.15) is 44.0 Å². The molecule has 4 N–H and O–H groups in total. The number of carbonyl (C=O) groups is 2. The lowest BCUT2D eigenvalue weighted by molar-refractivity contribution is -0.125. The van der Waals surface area contributed by atoms with Gasteiger partial charge in [-0.05, 0) is 38.0 Å². The van der Waals surface area contributed by atoms with Crippen LogP contribution in [0.25, 0.3) is 0 Å². The first-order chi connectivity index (χ1) is 10.0. The summed E-state index contributed by atoms with van der Waals surface area (Å²) in [6, 6.07) is 6.92. The predicted molar refractivity (Wildman–Crippen MR) is 85.1 cm³/mol. The van der Waals surface area contributed by atoms with Crippen molar-refractivity contribution in [3.8, 4) is 0 Å². The minimum absolute atomic E-state index is 0.0944. The van der Waals surface area contributed by atoms with Crippen LogP contribution in [0.3, 0.4) is 0 Å². The van der Waals surface area contributed by atoms with Gasteiger partial charge in [0.25, 0.3) is 5.91 Å². The normalized spacial score (nSPS) is 11.0. The van der Waals surface area contributed by atoms with E-state index in [0.29, 0.717) is 37.2 Å². The van der Waals surface area contributed by atoms with E-state index in [1.807, 2.05) is 20.8 Å². The summed E-state index contributed by atoms with van der Waals surface area (Å²) in [6.45, 7) is 6.66. The molecule has 21 heavy (non-hydrogen) atoms. The zero-order chi connectivity index (χ0) is 15.9. The van der Waals surface area contributed by atoms with Gasteiger partial charge in [0, 0.05) is 24.3 Å². The van der Waals surface area contributed by atoms with Crippen molar-refractivity contribution >= 4 is 17.5 Å². The summed E-state index contributed by atoms with van der Waals surface area (Å²) >= 11 is 0. The Morgan fingerprint density at radius 1 is 1.19 bits per heavy atom. The first-order valence-electron chi connectivity index (χ1n) is 7.42. The van der Waals surface area contributed by atoms with Crippen LogP contribution >= 0.6 is 0 Å². The molecule has 0 spiro atoms. The number of benzene rings is 1. The molecule has 116 valence electrons. The van der Waals surface area contributed by atoms with Crippen LogP contribution < -0.4 is 16.4 Å². The Bertz CT molecular complexity index is 488. The quantitative estimate of drug-likeness (QED) is 0.719. The van der Waals surface area contributed by atoms with Crippen molar-refractivity contribution in [3.63, 3.8) is 0 Å². The van der Waals surface area contributed by atoms with Crippen molar-refractivity contribution < 1.29 is 9.59 Å². The third-order valence-electron chi connectivity index (χ3n) is 3.95. The highest BCUT2D eigenvalue weighted by Crippen LogP contribution is 2.27. The fraction of sp³-hybridized carbons (Fsp3) is 0.500. The Hall–Kier alpha value is -1.88. The van der Waals surface area contributed by atoms with E-state index in [0.717, 1.165) is 0 Å². The minimum atomic E-state index is -0.554. The molecule has 5 nitrogen and oxygen atoms in total. The number of anilines is 1. The summed E-state index contributed by atoms with van der Waals surface area (Å²) in [4.78, 5) is 24.2. The average Bonchev–Trinajstić information content (AvgIpc) is 2.50. The van der Waals surface area contributed by atoms with Crippen LogP contribution in [0.15, 0.2) is 24.3 Å². The van der Waals surface area contributed by atoms with Crippen molar-refractivity contribution in [3.05, 3.63) is 29.8 Å². The maximum Gasteiger partial charge on any atom is 0.251 e. The van der Waals surface area contributed by atoms with Gasteiger partial charge in [0.2, 0.25) is 5.91 Å². The van der Waals surface area contributed by atoms with Gasteiger partial charge in [-0.3, -0.25) is 9.59 Å². The zero-order valence-electron chi connectivity index (χ0n) is 13.0. The highest BCUT2D eigenvalue weighted by atomic mass is 16.2. The van der Waals surface area contributed by atoms with Gasteiger partial charge in [0.15, 0.2) is 0 Å². The molecular weight excluding hydrogens is 266 g/mol. The summed E-state index contributed by atoms with van der Waals surface area (Å²) in [5.74, 6) is -0.243. The number of amides is 2. The molecule has 0 fully saturated rings. The van der Waals surface area contributed by atoms with E-state index in [2.05, 4.69) is 10.6 Å². The Morgan fingerprint density at radius 2 is 1.86 bits per heavy atom. The summed E-state index contributed by atoms with van der Waals surface area (Å²) in [5, 5.41) is 5.61. The van der Waals surface area contributed by atoms with E-state index in [9.17, 15) is 9.59 Å². The van der Waals surface area contributed by atoms with E-state index in [-0.39, 0.29) is 11.8 Å². The zero-order valence-corrected chi connectivity index (χ0v) is 13.0. The molecular formula is C16H25N3O2. The van der Waals surface area contributed by atoms with Gasteiger partial charge < -0.3 is 16.4 Å². The summed E-state index contributed by atoms with van der Waals surface area (Å²) in [6.07, 6.45) is 1.36. The Morgan fingerprint density at radius 3 is 2.38 bits per heavy atom. The lowest BCUT2D eigenvalue weighted by Crippen LogP contribution is -2.41. The number of hydrogen-bond donors (Lipinski definition) is 3. The number of nitrogens with one attached hydrogen (secondary N) is 2. The molecule has 1 aromatic rings. The van der Waals surface area contributed by atoms with E-state index < -0.39 is 5.41 Å². The highest BCUT2D eigenvalue weighted by molar-refractivity contribution is 5.98. The molecule has 0 saturated heterocycles. The molecule has 0 aliphatic heterocycles. The molecule has 1 rings (SSSR count). The van der Waals surface area contributed by atoms with Crippen LogP contribution in [-0.4, -0.2) is 24.9 Å². The number of carbonyl (C=O) groups excluding carboxylic acids is 2. The molecule has 0 unspecified atom stereocenters. The lowest BCUT2D eigenvalue weighted by Gasteiger charge is -2.28. The van der Waals surface area contributed by atoms with Crippen LogP contribution in [0.5, 0.6) is 0 Å². The minimum Gasteiger partial charge on any atom is -0.352 e. The van der Waals surface area contributed by atoms with E-state index in [1.165, 1.54) is 0 Å². The Balaban J connectivity index is 2.90. The molecule has 2 amide bonds. The van der Waals surface area contributed by atoms with Crippen molar-refractivity contribution in [2.24, 2.45) is 11.1 Å². The lowest BCUT2D eigenvalue weighted by atomic mass is 9.81. The van der Waals surface area contributed by atoms with E-state index in [4.69, 9.17) is 5.73 Å². The molecule has 1 aromatic carbocycles. The molecule has 0 aliphatic carbocycles. The SMILES string of the molecule is CCNC(=O)c1cccc(NC(=O)C(CC)(CC)CN)c1. The maximum absolute atomic E-state index is 12.4. The Kier molecular flexibility index (Phi) is 6.37. The van der Waals surface area contributed by atoms with Crippen molar-refractivity contribution in [2.45, 2.75) is 33.6 Å². The average molecular weight is 291 g/mol. The second-order valence-electron chi connectivity index (χ2n) is 5.09. The predicted octanol–water partition coefficient (Wildman–Crippen LogP) is 2.14. The topological polar surface area (TPSA) is 84.2 Å². The molecule has 0 saturated carbocycles. The number of rotatable bonds is 7. The molecule has 0 heterocycles. The fourth-order valence-corrected chi connectivity index (χ4v) is 2.22. The van der Waals surface area contributed by atoms with Gasteiger partial charge >= 0.3 is 0 Å². The van der Waals surface area contributed by atoms with Gasteiger partial charge in [0.05, 0.1) is 5.41 Å². The van der Waals surface area contributed by atoms with E-state index >= 15 is 0 Å². The molecule has 5 heteroatoms. The highest BCUT2D eigenvalue weighted by Gasteiger charge is 2.33. The van der Waals surface area contributed by atoms with Gasteiger partial charge in [-0.2, -0.15) is 0 Å². The van der Waals surface area contributed by atoms with Crippen LogP contribution in [0.4, 0.5) is 5.69 Å². The van der Waals surface area contributed by atoms with Crippen molar-refractivity contribution in [1.82, 2.24) is 5.32 Å². The van der Waals surface area contributed by atoms with Gasteiger partial charge in [-0.1, -0.05) is 19.9 Å². The van der Waals surface area contributed by atoms with Crippen LogP contribution in [0, 0.1) is 5.41 Å². The first-order valence-corrected chi connectivity index (χ1v) is 7.42. The van der Waals surface area contributed by atoms with Gasteiger partial charge in [-0.15, -0.1) is 0 Å². The third kappa shape index (κ3) is 4.04. The number of nitrogens with two attached hydrogens (primary N) is 1. The fourth-order valence-electron chi connectivity index (χ4n) is 2.22. The molecule has 0 aromatic heterocycles. The first kappa shape index (κ1) is 17.2. The molecule has 0 bridgehead atoms. The second-order valence-corrected chi connectivity index (χ2v) is 5.09. The smallest absolute Gasteiger partial charge is 0.251 e. The standard InChI is InChI=1S/C16H25N3O2/c1-4-16(5-2,11-17)15(21)19-13-9-7-8-12(10-13)14(20)18-6-3/h7-10H,4-6,11,17H2,1-3H3,(H,18,20)(H,19,21). The van der Waals surface area contributed by atoms with E-state index in [1.54, 1.807) is 24.3 Å². The maximum atomic E-state index is 12.4. The van der Waals surface area contributed by atoms with Crippen molar-refractivity contribution in [1.29, 1.82) is 0 Å². The third-order valence-corrected chi connectivity index (χ3v) is 3.95. The van der Waals surface area contributed by atoms with Gasteiger partial charge in [0.1, 0.15) is 0 Å². The molecule has 0 aliphatic rings. The van der Waals surface area contributed by atoms with Crippen molar-refractivity contribution in [2.75, 3.05) is 18.4 Å². The monoisotopic (exact) mass is 291 g/mol. The number of hydrogen-bond acceptors (Lipinski definition) is 3. The molecule has 0 radical (unpaired) electrons. The summed E-state index contributed by atoms with van der Waals surface area (Å²) in [7, 11) is 0. The molecule has 0 atom stereocenters. The summed E-state index contributed by atoms with van der Waals surface area (Å²) in [5.41, 5.74) is 6.37. The van der Waals surface area contributed by atoms with Gasteiger partial charge in [-0.25, -0.2) is 0 Å².